The van der Waals surface area contributed by atoms with E-state index < -0.39 is 17.8 Å². The summed E-state index contributed by atoms with van der Waals surface area (Å²) in [6.07, 6.45) is 0. The minimum atomic E-state index is -1.37. The quantitative estimate of drug-likeness (QED) is 0.667. The van der Waals surface area contributed by atoms with Crippen LogP contribution >= 0.6 is 0 Å². The molecule has 0 fully saturated rings. The molecule has 1 aliphatic rings. The lowest BCUT2D eigenvalue weighted by atomic mass is 10.0. The summed E-state index contributed by atoms with van der Waals surface area (Å²) in [5, 5.41) is 11.7. The van der Waals surface area contributed by atoms with E-state index in [-0.39, 0.29) is 16.8 Å². The first-order chi connectivity index (χ1) is 12.0. The van der Waals surface area contributed by atoms with Crippen molar-refractivity contribution in [2.75, 3.05) is 4.90 Å². The van der Waals surface area contributed by atoms with Crippen molar-refractivity contribution in [3.8, 4) is 0 Å². The second kappa shape index (κ2) is 5.24. The number of nitrogens with zero attached hydrogens (tertiary/aromatic N) is 2. The zero-order chi connectivity index (χ0) is 17.7. The van der Waals surface area contributed by atoms with Gasteiger partial charge in [0, 0.05) is 5.39 Å². The molecular formula is C19H11N2O4-. The van der Waals surface area contributed by atoms with Crippen LogP contribution in [0, 0.1) is 6.92 Å². The average molecular weight is 331 g/mol. The number of anilines is 1. The zero-order valence-corrected chi connectivity index (χ0v) is 13.1. The summed E-state index contributed by atoms with van der Waals surface area (Å²) < 4.78 is 0. The van der Waals surface area contributed by atoms with Crippen LogP contribution in [0.25, 0.3) is 10.9 Å². The molecule has 0 aliphatic carbocycles. The second-order valence-electron chi connectivity index (χ2n) is 5.75. The van der Waals surface area contributed by atoms with E-state index in [1.165, 1.54) is 24.3 Å². The third-order valence-corrected chi connectivity index (χ3v) is 4.25. The van der Waals surface area contributed by atoms with Gasteiger partial charge in [-0.2, -0.15) is 0 Å². The van der Waals surface area contributed by atoms with E-state index in [1.54, 1.807) is 25.1 Å². The second-order valence-corrected chi connectivity index (χ2v) is 5.75. The van der Waals surface area contributed by atoms with Crippen molar-refractivity contribution < 1.29 is 19.5 Å². The maximum absolute atomic E-state index is 13.0. The molecule has 0 saturated carbocycles. The van der Waals surface area contributed by atoms with Crippen LogP contribution in [0.3, 0.4) is 0 Å². The first-order valence-corrected chi connectivity index (χ1v) is 7.58. The summed E-state index contributed by atoms with van der Waals surface area (Å²) in [5.74, 6) is -2.37. The molecule has 0 unspecified atom stereocenters. The average Bonchev–Trinajstić information content (AvgIpc) is 2.87. The number of benzene rings is 2. The number of carbonyl (C=O) groups excluding carboxylic acids is 3. The van der Waals surface area contributed by atoms with Crippen LogP contribution in [0.2, 0.25) is 0 Å². The van der Waals surface area contributed by atoms with Gasteiger partial charge < -0.3 is 9.90 Å². The van der Waals surface area contributed by atoms with E-state index in [1.807, 2.05) is 6.07 Å². The summed E-state index contributed by atoms with van der Waals surface area (Å²) in [6.45, 7) is 1.68. The highest BCUT2D eigenvalue weighted by atomic mass is 16.4. The van der Waals surface area contributed by atoms with Crippen molar-refractivity contribution in [3.05, 3.63) is 70.9 Å². The number of hydrogen-bond donors (Lipinski definition) is 0. The van der Waals surface area contributed by atoms with E-state index in [9.17, 15) is 19.5 Å². The van der Waals surface area contributed by atoms with Crippen LogP contribution < -0.4 is 10.0 Å². The number of imide groups is 1. The predicted octanol–water partition coefficient (Wildman–Crippen LogP) is 1.71. The Morgan fingerprint density at radius 1 is 1.00 bits per heavy atom. The van der Waals surface area contributed by atoms with Crippen LogP contribution in [0.15, 0.2) is 48.5 Å². The fraction of sp³-hybridized carbons (Fsp3) is 0.0526. The highest BCUT2D eigenvalue weighted by molar-refractivity contribution is 6.37. The first-order valence-electron chi connectivity index (χ1n) is 7.58. The molecule has 0 spiro atoms. The third-order valence-electron chi connectivity index (χ3n) is 4.25. The summed E-state index contributed by atoms with van der Waals surface area (Å²) in [5.41, 5.74) is 1.73. The fourth-order valence-corrected chi connectivity index (χ4v) is 3.14. The molecule has 25 heavy (non-hydrogen) atoms. The Kier molecular flexibility index (Phi) is 3.15. The van der Waals surface area contributed by atoms with Gasteiger partial charge in [0.1, 0.15) is 0 Å². The number of carbonyl (C=O) groups is 3. The Morgan fingerprint density at radius 3 is 2.48 bits per heavy atom. The Bertz CT molecular complexity index is 1090. The number of amides is 2. The van der Waals surface area contributed by atoms with E-state index >= 15 is 0 Å². The lowest BCUT2D eigenvalue weighted by Gasteiger charge is -2.15. The highest BCUT2D eigenvalue weighted by Gasteiger charge is 2.40. The maximum atomic E-state index is 13.0. The Morgan fingerprint density at radius 2 is 1.72 bits per heavy atom. The molecule has 0 saturated heterocycles. The lowest BCUT2D eigenvalue weighted by Crippen LogP contribution is -2.30. The van der Waals surface area contributed by atoms with Gasteiger partial charge >= 0.3 is 0 Å². The van der Waals surface area contributed by atoms with Gasteiger partial charge in [0.05, 0.1) is 34.0 Å². The number of rotatable bonds is 2. The highest BCUT2D eigenvalue weighted by Crippen LogP contribution is 2.34. The Hall–Kier alpha value is -3.54. The van der Waals surface area contributed by atoms with Crippen LogP contribution in [-0.4, -0.2) is 22.8 Å². The number of fused-ring (bicyclic) bond motifs is 3. The molecule has 2 heterocycles. The molecule has 0 N–H and O–H groups in total. The molecule has 6 heteroatoms. The van der Waals surface area contributed by atoms with Crippen molar-refractivity contribution >= 4 is 34.4 Å². The summed E-state index contributed by atoms with van der Waals surface area (Å²) in [4.78, 5) is 42.3. The lowest BCUT2D eigenvalue weighted by molar-refractivity contribution is -0.255. The molecule has 3 aromatic rings. The Balaban J connectivity index is 1.94. The topological polar surface area (TPSA) is 90.4 Å². The first kappa shape index (κ1) is 15.0. The molecule has 122 valence electrons. The van der Waals surface area contributed by atoms with E-state index in [0.29, 0.717) is 22.2 Å². The molecule has 2 amide bonds. The number of para-hydroxylation sites is 1. The van der Waals surface area contributed by atoms with Gasteiger partial charge in [-0.1, -0.05) is 30.3 Å². The van der Waals surface area contributed by atoms with Crippen LogP contribution in [0.1, 0.15) is 36.8 Å². The smallest absolute Gasteiger partial charge is 0.268 e. The fourth-order valence-electron chi connectivity index (χ4n) is 3.14. The zero-order valence-electron chi connectivity index (χ0n) is 13.1. The van der Waals surface area contributed by atoms with Gasteiger partial charge in [-0.25, -0.2) is 4.90 Å². The van der Waals surface area contributed by atoms with Crippen molar-refractivity contribution in [1.82, 2.24) is 4.98 Å². The molecular weight excluding hydrogens is 320 g/mol. The SMILES string of the molecule is Cc1nc2ccccc2c2c1C(=O)N(c1cccc(C(=O)[O-])c1)C2=O. The van der Waals surface area contributed by atoms with Gasteiger partial charge in [0.25, 0.3) is 11.8 Å². The summed E-state index contributed by atoms with van der Waals surface area (Å²) >= 11 is 0. The predicted molar refractivity (Wildman–Crippen MR) is 88.4 cm³/mol. The number of aryl methyl sites for hydroxylation is 1. The number of aromatic nitrogens is 1. The molecule has 4 rings (SSSR count). The van der Waals surface area contributed by atoms with Crippen molar-refractivity contribution in [2.24, 2.45) is 0 Å². The summed E-state index contributed by atoms with van der Waals surface area (Å²) in [6, 6.07) is 12.7. The Labute approximate surface area is 142 Å². The molecule has 1 aliphatic heterocycles. The van der Waals surface area contributed by atoms with Crippen LogP contribution in [0.5, 0.6) is 0 Å². The largest absolute Gasteiger partial charge is 0.545 e. The third kappa shape index (κ3) is 2.11. The number of aromatic carboxylic acids is 1. The van der Waals surface area contributed by atoms with Crippen molar-refractivity contribution in [1.29, 1.82) is 0 Å². The number of carboxylic acids is 1. The monoisotopic (exact) mass is 331 g/mol. The van der Waals surface area contributed by atoms with Gasteiger partial charge in [-0.15, -0.1) is 0 Å². The van der Waals surface area contributed by atoms with Gasteiger partial charge in [-0.3, -0.25) is 14.6 Å². The molecule has 0 radical (unpaired) electrons. The van der Waals surface area contributed by atoms with Gasteiger partial charge in [-0.05, 0) is 30.7 Å². The standard InChI is InChI=1S/C19H12N2O4/c1-10-15-16(13-7-2-3-8-14(13)20-10)18(23)21(17(15)22)12-6-4-5-11(9-12)19(24)25/h2-9H,1H3,(H,24,25)/p-1. The molecule has 1 aromatic heterocycles. The molecule has 2 aromatic carbocycles. The molecule has 0 bridgehead atoms. The van der Waals surface area contributed by atoms with Gasteiger partial charge in [0.15, 0.2) is 0 Å². The van der Waals surface area contributed by atoms with Crippen molar-refractivity contribution in [3.63, 3.8) is 0 Å². The van der Waals surface area contributed by atoms with E-state index in [4.69, 9.17) is 0 Å². The minimum absolute atomic E-state index is 0.103. The van der Waals surface area contributed by atoms with Crippen LogP contribution in [0.4, 0.5) is 5.69 Å². The molecule has 6 nitrogen and oxygen atoms in total. The summed E-state index contributed by atoms with van der Waals surface area (Å²) in [7, 11) is 0. The maximum Gasteiger partial charge on any atom is 0.268 e. The van der Waals surface area contributed by atoms with E-state index in [0.717, 1.165) is 4.90 Å². The van der Waals surface area contributed by atoms with Gasteiger partial charge in [0.2, 0.25) is 0 Å². The number of hydrogen-bond acceptors (Lipinski definition) is 5. The van der Waals surface area contributed by atoms with Crippen LogP contribution in [-0.2, 0) is 0 Å². The number of pyridine rings is 1. The minimum Gasteiger partial charge on any atom is -0.545 e. The molecule has 0 atom stereocenters. The number of carboxylic acid groups (broad SMARTS) is 1. The normalized spacial score (nSPS) is 13.4. The van der Waals surface area contributed by atoms with E-state index in [2.05, 4.69) is 4.98 Å². The van der Waals surface area contributed by atoms with Crippen molar-refractivity contribution in [2.45, 2.75) is 6.92 Å².